The minimum absolute atomic E-state index is 0.0597. The highest BCUT2D eigenvalue weighted by atomic mass is 16.5. The number of esters is 1. The fraction of sp³-hybridized carbons (Fsp3) is 0.500. The van der Waals surface area contributed by atoms with E-state index in [2.05, 4.69) is 37.3 Å². The molecule has 0 heterocycles. The Morgan fingerprint density at radius 3 is 2.21 bits per heavy atom. The van der Waals surface area contributed by atoms with Crippen LogP contribution in [0.15, 0.2) is 48.5 Å². The van der Waals surface area contributed by atoms with Gasteiger partial charge in [0.05, 0.1) is 13.7 Å². The average molecular weight is 513 g/mol. The highest BCUT2D eigenvalue weighted by Gasteiger charge is 2.52. The third-order valence-electron chi connectivity index (χ3n) is 9.54. The highest BCUT2D eigenvalue weighted by molar-refractivity contribution is 5.94. The maximum atomic E-state index is 11.9. The molecule has 4 saturated carbocycles. The zero-order chi connectivity index (χ0) is 26.3. The average Bonchev–Trinajstić information content (AvgIpc) is 2.91. The van der Waals surface area contributed by atoms with E-state index in [1.807, 2.05) is 6.07 Å². The number of phenolic OH excluding ortho intramolecular Hbond substituents is 1. The summed E-state index contributed by atoms with van der Waals surface area (Å²) in [6.45, 7) is 3.03. The second-order valence-corrected chi connectivity index (χ2v) is 12.2. The highest BCUT2D eigenvalue weighted by Crippen LogP contribution is 2.62. The van der Waals surface area contributed by atoms with E-state index in [0.29, 0.717) is 0 Å². The number of aromatic hydroxyl groups is 1. The summed E-state index contributed by atoms with van der Waals surface area (Å²) in [6.07, 6.45) is 13.0. The van der Waals surface area contributed by atoms with Gasteiger partial charge in [0.15, 0.2) is 0 Å². The lowest BCUT2D eigenvalue weighted by Crippen LogP contribution is -2.48. The molecule has 4 heteroatoms. The van der Waals surface area contributed by atoms with Crippen LogP contribution < -0.4 is 4.74 Å². The number of rotatable bonds is 9. The zero-order valence-electron chi connectivity index (χ0n) is 22.8. The predicted molar refractivity (Wildman–Crippen MR) is 152 cm³/mol. The molecule has 4 aliphatic carbocycles. The van der Waals surface area contributed by atoms with Gasteiger partial charge in [-0.3, -0.25) is 0 Å². The van der Waals surface area contributed by atoms with E-state index in [9.17, 15) is 9.90 Å². The lowest BCUT2D eigenvalue weighted by molar-refractivity contribution is -0.00633. The Kier molecular flexibility index (Phi) is 6.84. The van der Waals surface area contributed by atoms with Gasteiger partial charge in [0.25, 0.3) is 0 Å². The van der Waals surface area contributed by atoms with Crippen LogP contribution in [0.1, 0.15) is 87.1 Å². The SMILES string of the molecule is CCCCCCOc1cc2ccc(-c3ccc(C(=O)OC)c(O)c3)cc2cc1C12CC3CC(CC(C3)C1)C2. The molecule has 1 N–H and O–H groups in total. The molecule has 7 rings (SSSR count). The molecule has 4 nitrogen and oxygen atoms in total. The topological polar surface area (TPSA) is 55.8 Å². The first-order chi connectivity index (χ1) is 18.5. The summed E-state index contributed by atoms with van der Waals surface area (Å²) in [5, 5.41) is 12.9. The third-order valence-corrected chi connectivity index (χ3v) is 9.54. The Labute approximate surface area is 226 Å². The van der Waals surface area contributed by atoms with Crippen LogP contribution in [0.2, 0.25) is 0 Å². The molecule has 0 atom stereocenters. The maximum absolute atomic E-state index is 11.9. The van der Waals surface area contributed by atoms with E-state index in [4.69, 9.17) is 9.47 Å². The number of ether oxygens (including phenoxy) is 2. The van der Waals surface area contributed by atoms with Crippen LogP contribution in [0.25, 0.3) is 21.9 Å². The molecule has 4 fully saturated rings. The number of methoxy groups -OCH3 is 1. The van der Waals surface area contributed by atoms with Crippen molar-refractivity contribution in [3.8, 4) is 22.6 Å². The summed E-state index contributed by atoms with van der Waals surface area (Å²) in [5.41, 5.74) is 3.76. The molecule has 0 aromatic heterocycles. The number of unbranched alkanes of at least 4 members (excludes halogenated alkanes) is 3. The van der Waals surface area contributed by atoms with Gasteiger partial charge in [0.2, 0.25) is 0 Å². The van der Waals surface area contributed by atoms with Crippen LogP contribution in [-0.2, 0) is 10.2 Å². The monoisotopic (exact) mass is 512 g/mol. The fourth-order valence-corrected chi connectivity index (χ4v) is 8.14. The summed E-state index contributed by atoms with van der Waals surface area (Å²) in [4.78, 5) is 11.9. The Morgan fingerprint density at radius 1 is 0.868 bits per heavy atom. The van der Waals surface area contributed by atoms with Crippen molar-refractivity contribution in [2.45, 2.75) is 76.5 Å². The summed E-state index contributed by atoms with van der Waals surface area (Å²) in [7, 11) is 1.32. The standard InChI is InChI=1S/C34H40O4/c1-3-4-5-6-11-38-32-18-27-8-7-25(26-9-10-29(31(35)17-26)33(36)37-2)15-28(27)16-30(32)34-19-22-12-23(20-34)14-24(13-22)21-34/h7-10,15-18,22-24,35H,3-6,11-14,19-21H2,1-2H3. The van der Waals surface area contributed by atoms with Crippen LogP contribution in [-0.4, -0.2) is 24.8 Å². The molecule has 3 aromatic carbocycles. The third kappa shape index (κ3) is 4.67. The van der Waals surface area contributed by atoms with Crippen molar-refractivity contribution in [1.82, 2.24) is 0 Å². The maximum Gasteiger partial charge on any atom is 0.341 e. The molecule has 4 bridgehead atoms. The van der Waals surface area contributed by atoms with Crippen molar-refractivity contribution < 1.29 is 19.4 Å². The Balaban J connectivity index is 1.38. The van der Waals surface area contributed by atoms with Gasteiger partial charge in [-0.25, -0.2) is 4.79 Å². The van der Waals surface area contributed by atoms with Gasteiger partial charge in [-0.2, -0.15) is 0 Å². The molecule has 38 heavy (non-hydrogen) atoms. The van der Waals surface area contributed by atoms with E-state index in [1.54, 1.807) is 12.1 Å². The first-order valence-corrected chi connectivity index (χ1v) is 14.6. The molecule has 0 aliphatic heterocycles. The number of hydrogen-bond acceptors (Lipinski definition) is 4. The van der Waals surface area contributed by atoms with Crippen molar-refractivity contribution in [3.05, 3.63) is 59.7 Å². The molecule has 0 spiro atoms. The molecular weight excluding hydrogens is 472 g/mol. The molecule has 0 amide bonds. The van der Waals surface area contributed by atoms with E-state index < -0.39 is 5.97 Å². The summed E-state index contributed by atoms with van der Waals surface area (Å²) < 4.78 is 11.4. The van der Waals surface area contributed by atoms with Gasteiger partial charge in [-0.05, 0) is 120 Å². The molecule has 0 saturated heterocycles. The number of carbonyl (C=O) groups excluding carboxylic acids is 1. The fourth-order valence-electron chi connectivity index (χ4n) is 8.14. The second kappa shape index (κ2) is 10.3. The minimum atomic E-state index is -0.532. The normalized spacial score (nSPS) is 25.6. The van der Waals surface area contributed by atoms with Crippen LogP contribution in [0, 0.1) is 17.8 Å². The van der Waals surface area contributed by atoms with Gasteiger partial charge in [-0.1, -0.05) is 44.4 Å². The molecule has 0 radical (unpaired) electrons. The largest absolute Gasteiger partial charge is 0.507 e. The van der Waals surface area contributed by atoms with Crippen LogP contribution in [0.4, 0.5) is 0 Å². The number of benzene rings is 3. The van der Waals surface area contributed by atoms with Crippen LogP contribution in [0.5, 0.6) is 11.5 Å². The molecular formula is C34H40O4. The predicted octanol–water partition coefficient (Wildman–Crippen LogP) is 8.43. The number of phenols is 1. The van der Waals surface area contributed by atoms with Crippen molar-refractivity contribution in [3.63, 3.8) is 0 Å². The van der Waals surface area contributed by atoms with Crippen LogP contribution >= 0.6 is 0 Å². The smallest absolute Gasteiger partial charge is 0.341 e. The number of hydrogen-bond donors (Lipinski definition) is 1. The van der Waals surface area contributed by atoms with Gasteiger partial charge < -0.3 is 14.6 Å². The molecule has 0 unspecified atom stereocenters. The van der Waals surface area contributed by atoms with Gasteiger partial charge in [0, 0.05) is 5.56 Å². The lowest BCUT2D eigenvalue weighted by Gasteiger charge is -2.57. The number of carbonyl (C=O) groups is 1. The Bertz CT molecular complexity index is 1300. The molecule has 4 aliphatic rings. The molecule has 200 valence electrons. The first-order valence-electron chi connectivity index (χ1n) is 14.6. The minimum Gasteiger partial charge on any atom is -0.507 e. The van der Waals surface area contributed by atoms with E-state index in [0.717, 1.165) is 47.7 Å². The zero-order valence-corrected chi connectivity index (χ0v) is 22.8. The van der Waals surface area contributed by atoms with E-state index >= 15 is 0 Å². The van der Waals surface area contributed by atoms with E-state index in [-0.39, 0.29) is 16.7 Å². The Morgan fingerprint density at radius 2 is 1.55 bits per heavy atom. The van der Waals surface area contributed by atoms with Crippen molar-refractivity contribution in [1.29, 1.82) is 0 Å². The molecule has 3 aromatic rings. The summed E-state index contributed by atoms with van der Waals surface area (Å²) in [5.74, 6) is 3.13. The first kappa shape index (κ1) is 25.3. The van der Waals surface area contributed by atoms with Crippen molar-refractivity contribution in [2.75, 3.05) is 13.7 Å². The number of fused-ring (bicyclic) bond motifs is 1. The summed E-state index contributed by atoms with van der Waals surface area (Å²) in [6, 6.07) is 16.3. The van der Waals surface area contributed by atoms with Gasteiger partial charge in [-0.15, -0.1) is 0 Å². The van der Waals surface area contributed by atoms with Gasteiger partial charge in [0.1, 0.15) is 17.1 Å². The van der Waals surface area contributed by atoms with Gasteiger partial charge >= 0.3 is 5.97 Å². The van der Waals surface area contributed by atoms with Crippen molar-refractivity contribution >= 4 is 16.7 Å². The summed E-state index contributed by atoms with van der Waals surface area (Å²) >= 11 is 0. The van der Waals surface area contributed by atoms with Crippen LogP contribution in [0.3, 0.4) is 0 Å². The Hall–Kier alpha value is -3.01. The van der Waals surface area contributed by atoms with E-state index in [1.165, 1.54) is 81.2 Å². The quantitative estimate of drug-likeness (QED) is 0.231. The van der Waals surface area contributed by atoms with Crippen molar-refractivity contribution in [2.24, 2.45) is 17.8 Å². The lowest BCUT2D eigenvalue weighted by atomic mass is 9.48. The second-order valence-electron chi connectivity index (χ2n) is 12.2.